The number of ketones is 1. The van der Waals surface area contributed by atoms with E-state index in [2.05, 4.69) is 0 Å². The molecule has 0 saturated carbocycles. The maximum absolute atomic E-state index is 12.2. The first kappa shape index (κ1) is 10.9. The third-order valence-electron chi connectivity index (χ3n) is 2.77. The topological polar surface area (TPSA) is 48.7 Å². The number of fused-ring (bicyclic) bond motifs is 1. The summed E-state index contributed by atoms with van der Waals surface area (Å²) in [6, 6.07) is 8.60. The van der Waals surface area contributed by atoms with Gasteiger partial charge in [0.1, 0.15) is 19.0 Å². The minimum Gasteiger partial charge on any atom is -0.486 e. The average Bonchev–Trinajstić information content (AvgIpc) is 2.84. The van der Waals surface area contributed by atoms with Crippen LogP contribution in [0.1, 0.15) is 21.9 Å². The molecule has 1 aromatic heterocycles. The van der Waals surface area contributed by atoms with E-state index in [-0.39, 0.29) is 5.78 Å². The van der Waals surface area contributed by atoms with Gasteiger partial charge < -0.3 is 13.9 Å². The summed E-state index contributed by atoms with van der Waals surface area (Å²) in [6.07, 6.45) is 0. The van der Waals surface area contributed by atoms with Gasteiger partial charge in [0.15, 0.2) is 17.3 Å². The van der Waals surface area contributed by atoms with Gasteiger partial charge in [0.2, 0.25) is 5.78 Å². The quantitative estimate of drug-likeness (QED) is 0.762. The second-order valence-electron chi connectivity index (χ2n) is 4.10. The Hall–Kier alpha value is -2.23. The lowest BCUT2D eigenvalue weighted by Crippen LogP contribution is -2.15. The molecule has 0 unspecified atom stereocenters. The third-order valence-corrected chi connectivity index (χ3v) is 2.77. The zero-order valence-corrected chi connectivity index (χ0v) is 9.93. The van der Waals surface area contributed by atoms with Crippen LogP contribution in [0.4, 0.5) is 0 Å². The molecule has 18 heavy (non-hydrogen) atoms. The molecule has 3 rings (SSSR count). The number of carbonyl (C=O) groups is 1. The summed E-state index contributed by atoms with van der Waals surface area (Å²) in [5.41, 5.74) is 0.536. The largest absolute Gasteiger partial charge is 0.486 e. The van der Waals surface area contributed by atoms with Crippen LogP contribution in [0.5, 0.6) is 11.5 Å². The smallest absolute Gasteiger partial charge is 0.228 e. The van der Waals surface area contributed by atoms with Crippen LogP contribution >= 0.6 is 0 Å². The van der Waals surface area contributed by atoms with E-state index in [1.165, 1.54) is 0 Å². The summed E-state index contributed by atoms with van der Waals surface area (Å²) in [7, 11) is 0. The summed E-state index contributed by atoms with van der Waals surface area (Å²) >= 11 is 0. The Morgan fingerprint density at radius 2 is 1.83 bits per heavy atom. The molecule has 0 amide bonds. The van der Waals surface area contributed by atoms with E-state index in [1.807, 2.05) is 0 Å². The van der Waals surface area contributed by atoms with Crippen LogP contribution in [0.15, 0.2) is 34.7 Å². The van der Waals surface area contributed by atoms with E-state index in [0.29, 0.717) is 36.0 Å². The Bertz CT molecular complexity index is 598. The number of furan rings is 1. The fourth-order valence-corrected chi connectivity index (χ4v) is 1.88. The Balaban J connectivity index is 1.95. The standard InChI is InChI=1S/C14H12O4/c1-9-2-4-12(18-9)14(15)10-3-5-11-13(8-10)17-7-6-16-11/h2-5,8H,6-7H2,1H3. The highest BCUT2D eigenvalue weighted by atomic mass is 16.6. The summed E-state index contributed by atoms with van der Waals surface area (Å²) in [4.78, 5) is 12.2. The van der Waals surface area contributed by atoms with Crippen LogP contribution in [0, 0.1) is 6.92 Å². The number of carbonyl (C=O) groups excluding carboxylic acids is 1. The first-order chi connectivity index (χ1) is 8.74. The number of hydrogen-bond acceptors (Lipinski definition) is 4. The zero-order chi connectivity index (χ0) is 12.5. The van der Waals surface area contributed by atoms with Gasteiger partial charge in [-0.05, 0) is 37.3 Å². The van der Waals surface area contributed by atoms with Crippen molar-refractivity contribution in [3.8, 4) is 11.5 Å². The zero-order valence-electron chi connectivity index (χ0n) is 9.93. The SMILES string of the molecule is Cc1ccc(C(=O)c2ccc3c(c2)OCCO3)o1. The molecule has 2 aromatic rings. The molecule has 1 aliphatic rings. The Morgan fingerprint density at radius 3 is 2.56 bits per heavy atom. The van der Waals surface area contributed by atoms with Crippen LogP contribution in [-0.2, 0) is 0 Å². The monoisotopic (exact) mass is 244 g/mol. The predicted molar refractivity (Wildman–Crippen MR) is 64.3 cm³/mol. The van der Waals surface area contributed by atoms with Crippen LogP contribution < -0.4 is 9.47 Å². The molecule has 1 aliphatic heterocycles. The van der Waals surface area contributed by atoms with E-state index in [0.717, 1.165) is 5.76 Å². The third kappa shape index (κ3) is 1.86. The predicted octanol–water partition coefficient (Wildman–Crippen LogP) is 2.59. The van der Waals surface area contributed by atoms with Crippen molar-refractivity contribution in [2.45, 2.75) is 6.92 Å². The summed E-state index contributed by atoms with van der Waals surface area (Å²) in [5, 5.41) is 0. The van der Waals surface area contributed by atoms with Crippen molar-refractivity contribution in [2.24, 2.45) is 0 Å². The van der Waals surface area contributed by atoms with Crippen molar-refractivity contribution in [2.75, 3.05) is 13.2 Å². The van der Waals surface area contributed by atoms with Crippen LogP contribution in [0.2, 0.25) is 0 Å². The molecule has 1 aromatic carbocycles. The highest BCUT2D eigenvalue weighted by Crippen LogP contribution is 2.31. The minimum absolute atomic E-state index is 0.153. The van der Waals surface area contributed by atoms with Gasteiger partial charge in [-0.15, -0.1) is 0 Å². The Labute approximate surface area is 104 Å². The molecule has 4 nitrogen and oxygen atoms in total. The maximum Gasteiger partial charge on any atom is 0.228 e. The van der Waals surface area contributed by atoms with Crippen LogP contribution in [0.3, 0.4) is 0 Å². The average molecular weight is 244 g/mol. The first-order valence-corrected chi connectivity index (χ1v) is 5.75. The van der Waals surface area contributed by atoms with Gasteiger partial charge in [0.05, 0.1) is 0 Å². The number of rotatable bonds is 2. The molecule has 0 fully saturated rings. The molecule has 0 spiro atoms. The molecule has 0 bridgehead atoms. The van der Waals surface area contributed by atoms with E-state index in [1.54, 1.807) is 37.3 Å². The lowest BCUT2D eigenvalue weighted by atomic mass is 10.1. The van der Waals surface area contributed by atoms with E-state index in [4.69, 9.17) is 13.9 Å². The van der Waals surface area contributed by atoms with Crippen molar-refractivity contribution < 1.29 is 18.7 Å². The molecule has 0 saturated heterocycles. The van der Waals surface area contributed by atoms with Crippen molar-refractivity contribution in [1.29, 1.82) is 0 Å². The fourth-order valence-electron chi connectivity index (χ4n) is 1.88. The number of aryl methyl sites for hydroxylation is 1. The van der Waals surface area contributed by atoms with Gasteiger partial charge in [-0.2, -0.15) is 0 Å². The van der Waals surface area contributed by atoms with Crippen molar-refractivity contribution in [3.63, 3.8) is 0 Å². The van der Waals surface area contributed by atoms with E-state index < -0.39 is 0 Å². The molecule has 4 heteroatoms. The van der Waals surface area contributed by atoms with Crippen molar-refractivity contribution >= 4 is 5.78 Å². The molecule has 0 atom stereocenters. The number of ether oxygens (including phenoxy) is 2. The normalized spacial score (nSPS) is 13.4. The van der Waals surface area contributed by atoms with Gasteiger partial charge >= 0.3 is 0 Å². The van der Waals surface area contributed by atoms with E-state index >= 15 is 0 Å². The van der Waals surface area contributed by atoms with Gasteiger partial charge in [-0.3, -0.25) is 4.79 Å². The summed E-state index contributed by atoms with van der Waals surface area (Å²) < 4.78 is 16.2. The van der Waals surface area contributed by atoms with Gasteiger partial charge in [-0.25, -0.2) is 0 Å². The van der Waals surface area contributed by atoms with Crippen molar-refractivity contribution in [1.82, 2.24) is 0 Å². The molecular weight excluding hydrogens is 232 g/mol. The highest BCUT2D eigenvalue weighted by molar-refractivity contribution is 6.07. The van der Waals surface area contributed by atoms with Gasteiger partial charge in [0.25, 0.3) is 0 Å². The number of benzene rings is 1. The molecular formula is C14H12O4. The van der Waals surface area contributed by atoms with Gasteiger partial charge in [0, 0.05) is 5.56 Å². The van der Waals surface area contributed by atoms with Crippen LogP contribution in [-0.4, -0.2) is 19.0 Å². The first-order valence-electron chi connectivity index (χ1n) is 5.75. The molecule has 0 radical (unpaired) electrons. The second-order valence-corrected chi connectivity index (χ2v) is 4.10. The number of hydrogen-bond donors (Lipinski definition) is 0. The molecule has 0 aliphatic carbocycles. The second kappa shape index (κ2) is 4.22. The van der Waals surface area contributed by atoms with E-state index in [9.17, 15) is 4.79 Å². The Kier molecular flexibility index (Phi) is 2.55. The molecule has 0 N–H and O–H groups in total. The van der Waals surface area contributed by atoms with Crippen molar-refractivity contribution in [3.05, 3.63) is 47.4 Å². The summed E-state index contributed by atoms with van der Waals surface area (Å²) in [6.45, 7) is 2.85. The van der Waals surface area contributed by atoms with Gasteiger partial charge in [-0.1, -0.05) is 0 Å². The molecule has 92 valence electrons. The molecule has 2 heterocycles. The van der Waals surface area contributed by atoms with Crippen LogP contribution in [0.25, 0.3) is 0 Å². The Morgan fingerprint density at radius 1 is 1.06 bits per heavy atom. The maximum atomic E-state index is 12.2. The highest BCUT2D eigenvalue weighted by Gasteiger charge is 2.17. The fraction of sp³-hybridized carbons (Fsp3) is 0.214. The lowest BCUT2D eigenvalue weighted by Gasteiger charge is -2.18. The summed E-state index contributed by atoms with van der Waals surface area (Å²) in [5.74, 6) is 2.18. The minimum atomic E-state index is -0.153. The lowest BCUT2D eigenvalue weighted by molar-refractivity contribution is 0.101.